The molecule has 0 radical (unpaired) electrons. The van der Waals surface area contributed by atoms with Crippen molar-refractivity contribution in [1.29, 1.82) is 0 Å². The molecular formula is C25H20F2N4O2S. The molecule has 0 aliphatic rings. The van der Waals surface area contributed by atoms with Crippen LogP contribution in [0, 0.1) is 0 Å². The van der Waals surface area contributed by atoms with Gasteiger partial charge in [-0.05, 0) is 42.0 Å². The summed E-state index contributed by atoms with van der Waals surface area (Å²) in [4.78, 5) is 22.4. The molecule has 0 fully saturated rings. The van der Waals surface area contributed by atoms with Crippen molar-refractivity contribution in [3.8, 4) is 5.75 Å². The van der Waals surface area contributed by atoms with Gasteiger partial charge >= 0.3 is 6.55 Å². The largest absolute Gasteiger partial charge is 0.497 e. The van der Waals surface area contributed by atoms with Crippen LogP contribution in [0.25, 0.3) is 21.9 Å². The van der Waals surface area contributed by atoms with E-state index in [0.29, 0.717) is 32.8 Å². The molecule has 34 heavy (non-hydrogen) atoms. The normalized spacial score (nSPS) is 11.5. The molecule has 5 rings (SSSR count). The number of halogens is 2. The van der Waals surface area contributed by atoms with Gasteiger partial charge in [0.1, 0.15) is 11.6 Å². The second-order valence-corrected chi connectivity index (χ2v) is 8.55. The van der Waals surface area contributed by atoms with Gasteiger partial charge in [0.25, 0.3) is 5.56 Å². The molecule has 172 valence electrons. The van der Waals surface area contributed by atoms with Gasteiger partial charge in [-0.2, -0.15) is 8.78 Å². The summed E-state index contributed by atoms with van der Waals surface area (Å²) in [5.41, 5.74) is 2.13. The Morgan fingerprint density at radius 1 is 0.941 bits per heavy atom. The van der Waals surface area contributed by atoms with Gasteiger partial charge in [0.05, 0.1) is 41.3 Å². The molecule has 0 spiro atoms. The Kier molecular flexibility index (Phi) is 6.02. The molecule has 0 saturated heterocycles. The summed E-state index contributed by atoms with van der Waals surface area (Å²) < 4.78 is 35.4. The minimum Gasteiger partial charge on any atom is -0.497 e. The highest BCUT2D eigenvalue weighted by atomic mass is 32.2. The van der Waals surface area contributed by atoms with Gasteiger partial charge in [-0.3, -0.25) is 13.9 Å². The topological polar surface area (TPSA) is 61.9 Å². The summed E-state index contributed by atoms with van der Waals surface area (Å²) in [5.74, 6) is 1.07. The Morgan fingerprint density at radius 2 is 1.65 bits per heavy atom. The van der Waals surface area contributed by atoms with E-state index in [1.165, 1.54) is 11.8 Å². The number of fused-ring (bicyclic) bond motifs is 2. The van der Waals surface area contributed by atoms with Gasteiger partial charge in [0.2, 0.25) is 0 Å². The molecule has 0 saturated carbocycles. The minimum absolute atomic E-state index is 0.131. The van der Waals surface area contributed by atoms with Gasteiger partial charge in [-0.15, -0.1) is 0 Å². The van der Waals surface area contributed by atoms with Crippen LogP contribution in [0.4, 0.5) is 8.78 Å². The number of para-hydroxylation sites is 3. The van der Waals surface area contributed by atoms with Gasteiger partial charge in [0, 0.05) is 0 Å². The van der Waals surface area contributed by atoms with E-state index in [1.807, 2.05) is 30.3 Å². The van der Waals surface area contributed by atoms with Crippen molar-refractivity contribution < 1.29 is 13.5 Å². The van der Waals surface area contributed by atoms with E-state index in [9.17, 15) is 13.6 Å². The third-order valence-corrected chi connectivity index (χ3v) is 6.49. The van der Waals surface area contributed by atoms with Gasteiger partial charge in [-0.1, -0.05) is 48.2 Å². The van der Waals surface area contributed by atoms with E-state index in [-0.39, 0.29) is 23.7 Å². The fourth-order valence-electron chi connectivity index (χ4n) is 3.85. The Morgan fingerprint density at radius 3 is 2.38 bits per heavy atom. The molecule has 0 N–H and O–H groups in total. The predicted octanol–water partition coefficient (Wildman–Crippen LogP) is 5.49. The average molecular weight is 479 g/mol. The van der Waals surface area contributed by atoms with Crippen LogP contribution in [-0.4, -0.2) is 26.2 Å². The SMILES string of the molecule is COc1ccc(Cn2c(SCc3nc4ccccc4n3C(F)F)nc3ccccc3c2=O)cc1. The molecule has 2 aromatic heterocycles. The number of nitrogens with zero attached hydrogens (tertiary/aromatic N) is 4. The quantitative estimate of drug-likeness (QED) is 0.229. The van der Waals surface area contributed by atoms with Crippen LogP contribution < -0.4 is 10.3 Å². The third-order valence-electron chi connectivity index (χ3n) is 5.52. The molecular weight excluding hydrogens is 458 g/mol. The molecule has 0 aliphatic carbocycles. The van der Waals surface area contributed by atoms with E-state index in [4.69, 9.17) is 4.74 Å². The number of hydrogen-bond donors (Lipinski definition) is 0. The lowest BCUT2D eigenvalue weighted by Crippen LogP contribution is -2.24. The standard InChI is InChI=1S/C25H20F2N4O2S/c1-33-17-12-10-16(11-13-17)14-30-23(32)18-6-2-3-7-19(18)29-25(30)34-15-22-28-20-8-4-5-9-21(20)31(22)24(26)27/h2-13,24H,14-15H2,1H3. The van der Waals surface area contributed by atoms with Gasteiger partial charge in [-0.25, -0.2) is 9.97 Å². The number of thioether (sulfide) groups is 1. The first kappa shape index (κ1) is 22.1. The fourth-order valence-corrected chi connectivity index (χ4v) is 4.78. The second kappa shape index (κ2) is 9.26. The number of benzene rings is 3. The highest BCUT2D eigenvalue weighted by Crippen LogP contribution is 2.28. The van der Waals surface area contributed by atoms with Gasteiger partial charge in [0.15, 0.2) is 5.16 Å². The molecule has 0 aliphatic heterocycles. The first-order chi connectivity index (χ1) is 16.5. The van der Waals surface area contributed by atoms with Crippen molar-refractivity contribution in [2.24, 2.45) is 0 Å². The van der Waals surface area contributed by atoms with Gasteiger partial charge < -0.3 is 4.74 Å². The number of alkyl halides is 2. The predicted molar refractivity (Wildman–Crippen MR) is 129 cm³/mol. The second-order valence-electron chi connectivity index (χ2n) is 7.60. The Bertz CT molecular complexity index is 1530. The number of ether oxygens (including phenoxy) is 1. The van der Waals surface area contributed by atoms with E-state index >= 15 is 0 Å². The third kappa shape index (κ3) is 4.14. The smallest absolute Gasteiger partial charge is 0.320 e. The maximum Gasteiger partial charge on any atom is 0.320 e. The Balaban J connectivity index is 1.55. The molecule has 2 heterocycles. The van der Waals surface area contributed by atoms with Crippen LogP contribution in [0.5, 0.6) is 5.75 Å². The van der Waals surface area contributed by atoms with Crippen molar-refractivity contribution >= 4 is 33.7 Å². The van der Waals surface area contributed by atoms with Crippen LogP contribution in [0.15, 0.2) is 82.7 Å². The minimum atomic E-state index is -2.73. The summed E-state index contributed by atoms with van der Waals surface area (Å²) in [6.45, 7) is -2.44. The Hall–Kier alpha value is -3.72. The van der Waals surface area contributed by atoms with Crippen molar-refractivity contribution in [3.05, 3.63) is 94.5 Å². The first-order valence-corrected chi connectivity index (χ1v) is 11.5. The fraction of sp³-hybridized carbons (Fsp3) is 0.160. The zero-order chi connectivity index (χ0) is 23.7. The maximum atomic E-state index is 13.9. The molecule has 6 nitrogen and oxygen atoms in total. The zero-order valence-corrected chi connectivity index (χ0v) is 19.0. The highest BCUT2D eigenvalue weighted by molar-refractivity contribution is 7.98. The van der Waals surface area contributed by atoms with Crippen molar-refractivity contribution in [2.45, 2.75) is 24.0 Å². The molecule has 9 heteroatoms. The van der Waals surface area contributed by atoms with Crippen LogP contribution in [0.2, 0.25) is 0 Å². The molecule has 3 aromatic carbocycles. The maximum absolute atomic E-state index is 13.9. The number of methoxy groups -OCH3 is 1. The summed E-state index contributed by atoms with van der Waals surface area (Å²) in [6, 6.07) is 21.3. The number of imidazole rings is 1. The highest BCUT2D eigenvalue weighted by Gasteiger charge is 2.19. The molecule has 0 bridgehead atoms. The van der Waals surface area contributed by atoms with E-state index in [0.717, 1.165) is 10.1 Å². The zero-order valence-electron chi connectivity index (χ0n) is 18.2. The monoisotopic (exact) mass is 478 g/mol. The Labute approximate surface area is 197 Å². The van der Waals surface area contributed by atoms with Crippen LogP contribution in [-0.2, 0) is 12.3 Å². The molecule has 0 atom stereocenters. The van der Waals surface area contributed by atoms with Crippen LogP contribution in [0.1, 0.15) is 17.9 Å². The van der Waals surface area contributed by atoms with E-state index in [2.05, 4.69) is 9.97 Å². The average Bonchev–Trinajstić information content (AvgIpc) is 3.24. The summed E-state index contributed by atoms with van der Waals surface area (Å²) in [5, 5.41) is 0.938. The number of rotatable bonds is 7. The summed E-state index contributed by atoms with van der Waals surface area (Å²) in [6.07, 6.45) is 0. The molecule has 0 unspecified atom stereocenters. The van der Waals surface area contributed by atoms with Crippen molar-refractivity contribution in [2.75, 3.05) is 7.11 Å². The lowest BCUT2D eigenvalue weighted by atomic mass is 10.2. The number of aromatic nitrogens is 4. The van der Waals surface area contributed by atoms with Crippen LogP contribution >= 0.6 is 11.8 Å². The number of hydrogen-bond acceptors (Lipinski definition) is 5. The van der Waals surface area contributed by atoms with Crippen molar-refractivity contribution in [3.63, 3.8) is 0 Å². The van der Waals surface area contributed by atoms with Crippen molar-refractivity contribution in [1.82, 2.24) is 19.1 Å². The lowest BCUT2D eigenvalue weighted by Gasteiger charge is -2.14. The van der Waals surface area contributed by atoms with E-state index in [1.54, 1.807) is 54.1 Å². The summed E-state index contributed by atoms with van der Waals surface area (Å²) >= 11 is 1.21. The van der Waals surface area contributed by atoms with Crippen LogP contribution in [0.3, 0.4) is 0 Å². The summed E-state index contributed by atoms with van der Waals surface area (Å²) in [7, 11) is 1.59. The first-order valence-electron chi connectivity index (χ1n) is 10.5. The molecule has 0 amide bonds. The van der Waals surface area contributed by atoms with E-state index < -0.39 is 6.55 Å². The molecule has 5 aromatic rings. The lowest BCUT2D eigenvalue weighted by molar-refractivity contribution is 0.0722.